The maximum atomic E-state index is 12.4. The van der Waals surface area contributed by atoms with Gasteiger partial charge < -0.3 is 15.5 Å². The topological polar surface area (TPSA) is 102 Å². The van der Waals surface area contributed by atoms with Crippen LogP contribution in [0.15, 0.2) is 48.5 Å². The molecule has 0 unspecified atom stereocenters. The molecule has 0 spiro atoms. The van der Waals surface area contributed by atoms with Crippen LogP contribution >= 0.6 is 0 Å². The number of benzene rings is 2. The Balaban J connectivity index is 2.15. The van der Waals surface area contributed by atoms with Crippen LogP contribution in [0.1, 0.15) is 19.4 Å². The van der Waals surface area contributed by atoms with Gasteiger partial charge in [-0.05, 0) is 30.3 Å². The van der Waals surface area contributed by atoms with Crippen LogP contribution in [0.4, 0.5) is 17.1 Å². The highest BCUT2D eigenvalue weighted by molar-refractivity contribution is 6.02. The third-order valence-corrected chi connectivity index (χ3v) is 3.46. The maximum absolute atomic E-state index is 12.4. The number of hydrogen-bond acceptors (Lipinski definition) is 4. The number of carbonyl (C=O) groups excluding carboxylic acids is 3. The van der Waals surface area contributed by atoms with E-state index in [9.17, 15) is 19.6 Å². The van der Waals surface area contributed by atoms with Gasteiger partial charge in [-0.2, -0.15) is 5.26 Å². The molecular weight excluding hydrogens is 332 g/mol. The van der Waals surface area contributed by atoms with Gasteiger partial charge in [0, 0.05) is 25.2 Å². The Labute approximate surface area is 151 Å². The second-order valence-corrected chi connectivity index (χ2v) is 5.54. The molecule has 0 heterocycles. The van der Waals surface area contributed by atoms with Crippen molar-refractivity contribution in [3.63, 3.8) is 0 Å². The van der Waals surface area contributed by atoms with Gasteiger partial charge in [0.1, 0.15) is 12.6 Å². The fourth-order valence-corrected chi connectivity index (χ4v) is 2.39. The van der Waals surface area contributed by atoms with E-state index in [0.29, 0.717) is 22.6 Å². The Hall–Kier alpha value is -3.66. The summed E-state index contributed by atoms with van der Waals surface area (Å²) in [6.45, 7) is 2.49. The molecule has 0 radical (unpaired) electrons. The van der Waals surface area contributed by atoms with Gasteiger partial charge in [0.05, 0.1) is 11.3 Å². The summed E-state index contributed by atoms with van der Waals surface area (Å²) >= 11 is 0. The first kappa shape index (κ1) is 18.7. The molecular formula is C19H18N4O3. The summed E-state index contributed by atoms with van der Waals surface area (Å²) in [5.74, 6) is -0.993. The van der Waals surface area contributed by atoms with Crippen molar-refractivity contribution in [3.05, 3.63) is 54.1 Å². The van der Waals surface area contributed by atoms with E-state index in [-0.39, 0.29) is 18.4 Å². The third-order valence-electron chi connectivity index (χ3n) is 3.46. The quantitative estimate of drug-likeness (QED) is 0.865. The van der Waals surface area contributed by atoms with Crippen LogP contribution in [-0.4, -0.2) is 24.3 Å². The van der Waals surface area contributed by atoms with Crippen molar-refractivity contribution in [2.75, 3.05) is 22.1 Å². The van der Waals surface area contributed by atoms with Gasteiger partial charge in [0.15, 0.2) is 0 Å². The van der Waals surface area contributed by atoms with E-state index in [0.717, 1.165) is 0 Å². The standard InChI is InChI=1S/C19H18N4O3/c1-13(24)21-16-7-5-8-17(10-16)22-19(26)12-23(14(2)25)18-9-4-3-6-15(18)11-20/h3-10H,12H2,1-2H3,(H,21,24)(H,22,26). The molecule has 0 saturated heterocycles. The molecule has 3 amide bonds. The Morgan fingerprint density at radius 2 is 1.65 bits per heavy atom. The SMILES string of the molecule is CC(=O)Nc1cccc(NC(=O)CN(C(C)=O)c2ccccc2C#N)c1. The smallest absolute Gasteiger partial charge is 0.244 e. The van der Waals surface area contributed by atoms with E-state index in [4.69, 9.17) is 0 Å². The number of rotatable bonds is 5. The third kappa shape index (κ3) is 4.92. The van der Waals surface area contributed by atoms with Crippen molar-refractivity contribution in [1.82, 2.24) is 0 Å². The van der Waals surface area contributed by atoms with Crippen molar-refractivity contribution in [3.8, 4) is 6.07 Å². The molecule has 0 fully saturated rings. The first-order valence-electron chi connectivity index (χ1n) is 7.85. The van der Waals surface area contributed by atoms with Gasteiger partial charge in [0.25, 0.3) is 0 Å². The second-order valence-electron chi connectivity index (χ2n) is 5.54. The lowest BCUT2D eigenvalue weighted by Gasteiger charge is -2.21. The van der Waals surface area contributed by atoms with E-state index < -0.39 is 5.91 Å². The minimum Gasteiger partial charge on any atom is -0.326 e. The highest BCUT2D eigenvalue weighted by Gasteiger charge is 2.18. The normalized spacial score (nSPS) is 9.73. The van der Waals surface area contributed by atoms with Crippen LogP contribution in [0, 0.1) is 11.3 Å². The van der Waals surface area contributed by atoms with E-state index >= 15 is 0 Å². The minimum absolute atomic E-state index is 0.218. The lowest BCUT2D eigenvalue weighted by atomic mass is 10.1. The molecule has 0 saturated carbocycles. The minimum atomic E-state index is -0.423. The van der Waals surface area contributed by atoms with Crippen LogP contribution in [0.25, 0.3) is 0 Å². The molecule has 7 heteroatoms. The monoisotopic (exact) mass is 350 g/mol. The number of para-hydroxylation sites is 1. The fourth-order valence-electron chi connectivity index (χ4n) is 2.39. The second kappa shape index (κ2) is 8.44. The first-order chi connectivity index (χ1) is 12.4. The van der Waals surface area contributed by atoms with Gasteiger partial charge in [-0.25, -0.2) is 0 Å². The van der Waals surface area contributed by atoms with E-state index in [1.807, 2.05) is 6.07 Å². The molecule has 2 aromatic carbocycles. The van der Waals surface area contributed by atoms with Crippen molar-refractivity contribution < 1.29 is 14.4 Å². The van der Waals surface area contributed by atoms with Crippen molar-refractivity contribution in [2.24, 2.45) is 0 Å². The summed E-state index contributed by atoms with van der Waals surface area (Å²) in [5.41, 5.74) is 1.72. The highest BCUT2D eigenvalue weighted by Crippen LogP contribution is 2.20. The Morgan fingerprint density at radius 1 is 1.00 bits per heavy atom. The number of carbonyl (C=O) groups is 3. The summed E-state index contributed by atoms with van der Waals surface area (Å²) in [6, 6.07) is 15.3. The van der Waals surface area contributed by atoms with Crippen LogP contribution < -0.4 is 15.5 Å². The van der Waals surface area contributed by atoms with Gasteiger partial charge in [-0.15, -0.1) is 0 Å². The number of hydrogen-bond donors (Lipinski definition) is 2. The largest absolute Gasteiger partial charge is 0.326 e. The zero-order valence-electron chi connectivity index (χ0n) is 14.4. The van der Waals surface area contributed by atoms with Gasteiger partial charge in [0.2, 0.25) is 17.7 Å². The summed E-state index contributed by atoms with van der Waals surface area (Å²) in [5, 5.41) is 14.5. The van der Waals surface area contributed by atoms with Gasteiger partial charge >= 0.3 is 0 Å². The highest BCUT2D eigenvalue weighted by atomic mass is 16.2. The Kier molecular flexibility index (Phi) is 6.06. The molecule has 0 bridgehead atoms. The maximum Gasteiger partial charge on any atom is 0.244 e. The predicted octanol–water partition coefficient (Wildman–Crippen LogP) is 2.51. The molecule has 0 aliphatic rings. The molecule has 0 aromatic heterocycles. The zero-order valence-corrected chi connectivity index (χ0v) is 14.4. The average molecular weight is 350 g/mol. The van der Waals surface area contributed by atoms with E-state index in [1.54, 1.807) is 48.5 Å². The van der Waals surface area contributed by atoms with Crippen molar-refractivity contribution in [2.45, 2.75) is 13.8 Å². The molecule has 0 aliphatic carbocycles. The molecule has 2 rings (SSSR count). The summed E-state index contributed by atoms with van der Waals surface area (Å²) < 4.78 is 0. The number of nitrogens with one attached hydrogen (secondary N) is 2. The van der Waals surface area contributed by atoms with Crippen LogP contribution in [0.2, 0.25) is 0 Å². The number of nitrogens with zero attached hydrogens (tertiary/aromatic N) is 2. The predicted molar refractivity (Wildman–Crippen MR) is 98.6 cm³/mol. The Morgan fingerprint density at radius 3 is 2.27 bits per heavy atom. The van der Waals surface area contributed by atoms with E-state index in [1.165, 1.54) is 18.7 Å². The summed E-state index contributed by atoms with van der Waals surface area (Å²) in [7, 11) is 0. The van der Waals surface area contributed by atoms with Crippen molar-refractivity contribution in [1.29, 1.82) is 5.26 Å². The van der Waals surface area contributed by atoms with Crippen LogP contribution in [0.5, 0.6) is 0 Å². The first-order valence-corrected chi connectivity index (χ1v) is 7.85. The molecule has 0 atom stereocenters. The van der Waals surface area contributed by atoms with Crippen molar-refractivity contribution >= 4 is 34.8 Å². The van der Waals surface area contributed by atoms with Gasteiger partial charge in [-0.3, -0.25) is 14.4 Å². The molecule has 132 valence electrons. The molecule has 2 aromatic rings. The lowest BCUT2D eigenvalue weighted by molar-refractivity contribution is -0.120. The Bertz CT molecular complexity index is 886. The number of nitriles is 1. The summed E-state index contributed by atoms with van der Waals surface area (Å²) in [4.78, 5) is 36.7. The zero-order chi connectivity index (χ0) is 19.1. The fraction of sp³-hybridized carbons (Fsp3) is 0.158. The average Bonchev–Trinajstić information content (AvgIpc) is 2.59. The van der Waals surface area contributed by atoms with Crippen LogP contribution in [0.3, 0.4) is 0 Å². The number of amides is 3. The molecule has 7 nitrogen and oxygen atoms in total. The lowest BCUT2D eigenvalue weighted by Crippen LogP contribution is -2.37. The summed E-state index contributed by atoms with van der Waals surface area (Å²) in [6.07, 6.45) is 0. The molecule has 0 aliphatic heterocycles. The van der Waals surface area contributed by atoms with Crippen LogP contribution in [-0.2, 0) is 14.4 Å². The molecule has 26 heavy (non-hydrogen) atoms. The van der Waals surface area contributed by atoms with Gasteiger partial charge in [-0.1, -0.05) is 18.2 Å². The number of anilines is 3. The van der Waals surface area contributed by atoms with E-state index in [2.05, 4.69) is 10.6 Å². The molecule has 2 N–H and O–H groups in total.